The van der Waals surface area contributed by atoms with E-state index in [4.69, 9.17) is 34.2 Å². The normalized spacial score (nSPS) is 14.5. The molecular weight excluding hydrogens is 526 g/mol. The Morgan fingerprint density at radius 2 is 1.32 bits per heavy atom. The van der Waals surface area contributed by atoms with E-state index in [2.05, 4.69) is 0 Å². The zero-order chi connectivity index (χ0) is 30.8. The number of aliphatic carboxylic acids is 1. The van der Waals surface area contributed by atoms with E-state index in [0.717, 1.165) is 0 Å². The van der Waals surface area contributed by atoms with Gasteiger partial charge in [0.2, 0.25) is 0 Å². The summed E-state index contributed by atoms with van der Waals surface area (Å²) in [7, 11) is 0. The highest BCUT2D eigenvalue weighted by molar-refractivity contribution is 5.75. The summed E-state index contributed by atoms with van der Waals surface area (Å²) in [6.45, 7) is 15.8. The van der Waals surface area contributed by atoms with Gasteiger partial charge in [0.1, 0.15) is 17.7 Å². The van der Waals surface area contributed by atoms with E-state index < -0.39 is 54.0 Å². The maximum absolute atomic E-state index is 12.4. The highest BCUT2D eigenvalue weighted by atomic mass is 16.7. The zero-order valence-electron chi connectivity index (χ0n) is 24.7. The van der Waals surface area contributed by atoms with Gasteiger partial charge >= 0.3 is 24.4 Å². The first kappa shape index (κ1) is 34.5. The van der Waals surface area contributed by atoms with E-state index in [1.807, 2.05) is 27.7 Å². The Bertz CT molecular complexity index is 1020. The molecule has 40 heavy (non-hydrogen) atoms. The molecule has 0 amide bonds. The van der Waals surface area contributed by atoms with Gasteiger partial charge in [-0.2, -0.15) is 0 Å². The summed E-state index contributed by atoms with van der Waals surface area (Å²) in [5.74, 6) is -3.19. The maximum Gasteiger partial charge on any atom is 0.513 e. The molecule has 1 rings (SSSR count). The molecular formula is C28H43NO11. The molecule has 1 aromatic carbocycles. The molecule has 4 atom stereocenters. The number of carboxylic acid groups (broad SMARTS) is 1. The van der Waals surface area contributed by atoms with E-state index >= 15 is 0 Å². The molecule has 0 saturated heterocycles. The standard InChI is InChI=1S/C28H43NO11/c1-15(2)13-35-25(32)38-20-11-10-19(12-21(20)39-26(33)36-14-16(3)4)22(23(29)24(30)31)17(5)18(6)37-27(34)40-28(7,8)9/h10-12,15-18,22-23H,13-14,29H2,1-9H3,(H,30,31)/t17?,18?,22?,23-/m0/s1. The van der Waals surface area contributed by atoms with Crippen molar-refractivity contribution in [3.63, 3.8) is 0 Å². The molecule has 0 aromatic heterocycles. The maximum atomic E-state index is 12.4. The number of nitrogens with two attached hydrogens (primary N) is 1. The van der Waals surface area contributed by atoms with Crippen LogP contribution in [0.3, 0.4) is 0 Å². The Labute approximate surface area is 235 Å². The Morgan fingerprint density at radius 1 is 0.825 bits per heavy atom. The topological polar surface area (TPSA) is 170 Å². The second-order valence-corrected chi connectivity index (χ2v) is 11.4. The van der Waals surface area contributed by atoms with E-state index in [1.165, 1.54) is 18.2 Å². The lowest BCUT2D eigenvalue weighted by Gasteiger charge is -2.32. The zero-order valence-corrected chi connectivity index (χ0v) is 24.7. The van der Waals surface area contributed by atoms with E-state index in [-0.39, 0.29) is 36.5 Å². The van der Waals surface area contributed by atoms with Crippen molar-refractivity contribution in [2.75, 3.05) is 13.2 Å². The van der Waals surface area contributed by atoms with Gasteiger partial charge in [-0.3, -0.25) is 4.79 Å². The first-order chi connectivity index (χ1) is 18.4. The second-order valence-electron chi connectivity index (χ2n) is 11.4. The van der Waals surface area contributed by atoms with Crippen LogP contribution in [0.15, 0.2) is 18.2 Å². The Morgan fingerprint density at radius 3 is 1.77 bits per heavy atom. The van der Waals surface area contributed by atoms with Crippen molar-refractivity contribution in [3.8, 4) is 11.5 Å². The summed E-state index contributed by atoms with van der Waals surface area (Å²) >= 11 is 0. The highest BCUT2D eigenvalue weighted by Crippen LogP contribution is 2.37. The lowest BCUT2D eigenvalue weighted by molar-refractivity contribution is -0.139. The number of carbonyl (C=O) groups is 4. The fourth-order valence-corrected chi connectivity index (χ4v) is 3.42. The molecule has 3 N–H and O–H groups in total. The first-order valence-electron chi connectivity index (χ1n) is 13.1. The predicted molar refractivity (Wildman–Crippen MR) is 144 cm³/mol. The number of hydrogen-bond donors (Lipinski definition) is 2. The number of carboxylic acids is 1. The van der Waals surface area contributed by atoms with Crippen LogP contribution in [0.5, 0.6) is 11.5 Å². The molecule has 0 spiro atoms. The minimum atomic E-state index is -1.44. The fraction of sp³-hybridized carbons (Fsp3) is 0.643. The number of benzene rings is 1. The minimum Gasteiger partial charge on any atom is -0.480 e. The smallest absolute Gasteiger partial charge is 0.480 e. The third kappa shape index (κ3) is 12.1. The molecule has 0 aliphatic carbocycles. The van der Waals surface area contributed by atoms with Crippen LogP contribution >= 0.6 is 0 Å². The van der Waals surface area contributed by atoms with Crippen molar-refractivity contribution < 1.29 is 52.7 Å². The van der Waals surface area contributed by atoms with Crippen LogP contribution in [0.2, 0.25) is 0 Å². The quantitative estimate of drug-likeness (QED) is 0.184. The lowest BCUT2D eigenvalue weighted by Crippen LogP contribution is -2.43. The number of hydrogen-bond acceptors (Lipinski definition) is 11. The largest absolute Gasteiger partial charge is 0.513 e. The summed E-state index contributed by atoms with van der Waals surface area (Å²) in [4.78, 5) is 48.8. The Hall–Kier alpha value is -3.54. The molecule has 12 nitrogen and oxygen atoms in total. The van der Waals surface area contributed by atoms with Crippen molar-refractivity contribution in [2.24, 2.45) is 23.5 Å². The van der Waals surface area contributed by atoms with Gasteiger partial charge < -0.3 is 39.3 Å². The molecule has 12 heteroatoms. The van der Waals surface area contributed by atoms with Crippen LogP contribution in [-0.2, 0) is 23.7 Å². The number of ether oxygens (including phenoxy) is 6. The summed E-state index contributed by atoms with van der Waals surface area (Å²) in [6.07, 6.45) is -3.82. The monoisotopic (exact) mass is 569 g/mol. The SMILES string of the molecule is CC(C)COC(=O)Oc1ccc(C(C(C)C(C)OC(=O)OC(C)(C)C)[C@H](N)C(=O)O)cc1OC(=O)OCC(C)C. The van der Waals surface area contributed by atoms with Gasteiger partial charge in [-0.05, 0) is 57.2 Å². The molecule has 226 valence electrons. The average Bonchev–Trinajstić information content (AvgIpc) is 2.81. The molecule has 0 aliphatic rings. The van der Waals surface area contributed by atoms with Crippen molar-refractivity contribution in [3.05, 3.63) is 23.8 Å². The summed E-state index contributed by atoms with van der Waals surface area (Å²) in [6, 6.07) is 2.68. The molecule has 0 saturated carbocycles. The summed E-state index contributed by atoms with van der Waals surface area (Å²) in [5.41, 5.74) is 5.60. The van der Waals surface area contributed by atoms with Crippen LogP contribution in [0.4, 0.5) is 14.4 Å². The first-order valence-corrected chi connectivity index (χ1v) is 13.1. The van der Waals surface area contributed by atoms with Crippen molar-refractivity contribution in [1.82, 2.24) is 0 Å². The van der Waals surface area contributed by atoms with Gasteiger partial charge in [0.05, 0.1) is 13.2 Å². The van der Waals surface area contributed by atoms with Crippen LogP contribution < -0.4 is 15.2 Å². The van der Waals surface area contributed by atoms with Crippen LogP contribution in [0.1, 0.15) is 73.8 Å². The molecule has 0 radical (unpaired) electrons. The van der Waals surface area contributed by atoms with E-state index in [1.54, 1.807) is 34.6 Å². The Balaban J connectivity index is 3.41. The van der Waals surface area contributed by atoms with Gasteiger partial charge in [-0.15, -0.1) is 0 Å². The van der Waals surface area contributed by atoms with Crippen molar-refractivity contribution in [1.29, 1.82) is 0 Å². The van der Waals surface area contributed by atoms with Crippen molar-refractivity contribution >= 4 is 24.4 Å². The minimum absolute atomic E-state index is 0.0332. The third-order valence-electron chi connectivity index (χ3n) is 5.46. The molecule has 0 bridgehead atoms. The molecule has 0 heterocycles. The van der Waals surface area contributed by atoms with Gasteiger partial charge in [-0.25, -0.2) is 14.4 Å². The summed E-state index contributed by atoms with van der Waals surface area (Å²) < 4.78 is 31.3. The molecule has 1 aromatic rings. The Kier molecular flexibility index (Phi) is 13.2. The number of rotatable bonds is 12. The molecule has 0 fully saturated rings. The van der Waals surface area contributed by atoms with E-state index in [0.29, 0.717) is 5.56 Å². The van der Waals surface area contributed by atoms with Crippen LogP contribution in [0.25, 0.3) is 0 Å². The lowest BCUT2D eigenvalue weighted by atomic mass is 9.79. The molecule has 3 unspecified atom stereocenters. The van der Waals surface area contributed by atoms with Crippen LogP contribution in [0, 0.1) is 17.8 Å². The van der Waals surface area contributed by atoms with Gasteiger partial charge in [0.25, 0.3) is 0 Å². The highest BCUT2D eigenvalue weighted by Gasteiger charge is 2.36. The molecule has 0 aliphatic heterocycles. The fourth-order valence-electron chi connectivity index (χ4n) is 3.42. The second kappa shape index (κ2) is 15.3. The third-order valence-corrected chi connectivity index (χ3v) is 5.46. The van der Waals surface area contributed by atoms with Gasteiger partial charge in [0.15, 0.2) is 11.5 Å². The summed E-state index contributed by atoms with van der Waals surface area (Å²) in [5, 5.41) is 9.74. The van der Waals surface area contributed by atoms with E-state index in [9.17, 15) is 24.3 Å². The van der Waals surface area contributed by atoms with Gasteiger partial charge in [0, 0.05) is 11.8 Å². The van der Waals surface area contributed by atoms with Gasteiger partial charge in [-0.1, -0.05) is 40.7 Å². The van der Waals surface area contributed by atoms with Crippen LogP contribution in [-0.4, -0.2) is 60.5 Å². The average molecular weight is 570 g/mol. The van der Waals surface area contributed by atoms with Crippen molar-refractivity contribution in [2.45, 2.75) is 86.0 Å². The number of carbonyl (C=O) groups excluding carboxylic acids is 3. The predicted octanol–water partition coefficient (Wildman–Crippen LogP) is 5.50.